The highest BCUT2D eigenvalue weighted by molar-refractivity contribution is 8.00. The van der Waals surface area contributed by atoms with E-state index in [1.165, 1.54) is 0 Å². The second-order valence-electron chi connectivity index (χ2n) is 3.71. The third-order valence-electron chi connectivity index (χ3n) is 2.57. The van der Waals surface area contributed by atoms with Gasteiger partial charge in [0, 0.05) is 11.6 Å². The summed E-state index contributed by atoms with van der Waals surface area (Å²) in [6, 6.07) is 9.59. The van der Waals surface area contributed by atoms with Crippen LogP contribution in [-0.2, 0) is 4.79 Å². The van der Waals surface area contributed by atoms with Gasteiger partial charge in [-0.15, -0.1) is 11.8 Å². The molecule has 2 rings (SSSR count). The molecule has 1 aromatic carbocycles. The summed E-state index contributed by atoms with van der Waals surface area (Å²) in [7, 11) is 0. The maximum absolute atomic E-state index is 11.7. The normalized spacial score (nSPS) is 19.4. The first kappa shape index (κ1) is 12.3. The van der Waals surface area contributed by atoms with Crippen LogP contribution in [-0.4, -0.2) is 23.1 Å². The van der Waals surface area contributed by atoms with Crippen molar-refractivity contribution in [3.8, 4) is 6.07 Å². The van der Waals surface area contributed by atoms with Crippen molar-refractivity contribution in [1.29, 1.82) is 5.26 Å². The van der Waals surface area contributed by atoms with Crippen LogP contribution in [0.5, 0.6) is 0 Å². The van der Waals surface area contributed by atoms with Gasteiger partial charge in [-0.3, -0.25) is 4.79 Å². The first-order valence-electron chi connectivity index (χ1n) is 5.26. The molecule has 1 amide bonds. The second-order valence-corrected chi connectivity index (χ2v) is 5.22. The maximum Gasteiger partial charge on any atom is 0.233 e. The van der Waals surface area contributed by atoms with E-state index in [9.17, 15) is 4.79 Å². The summed E-state index contributed by atoms with van der Waals surface area (Å²) in [5, 5.41) is 9.26. The van der Waals surface area contributed by atoms with Crippen molar-refractivity contribution in [3.63, 3.8) is 0 Å². The van der Waals surface area contributed by atoms with Crippen LogP contribution in [0.25, 0.3) is 0 Å². The molecule has 5 heteroatoms. The molecule has 0 N–H and O–H groups in total. The number of carbonyl (C=O) groups is 1. The lowest BCUT2D eigenvalue weighted by Gasteiger charge is -2.23. The van der Waals surface area contributed by atoms with E-state index >= 15 is 0 Å². The second kappa shape index (κ2) is 5.44. The summed E-state index contributed by atoms with van der Waals surface area (Å²) < 4.78 is 0. The smallest absolute Gasteiger partial charge is 0.233 e. The SMILES string of the molecule is N#CCCN1C(=O)CSC1c1cccc(Cl)c1. The minimum Gasteiger partial charge on any atom is -0.325 e. The van der Waals surface area contributed by atoms with Crippen LogP contribution in [0.3, 0.4) is 0 Å². The van der Waals surface area contributed by atoms with E-state index in [-0.39, 0.29) is 11.3 Å². The Morgan fingerprint density at radius 3 is 3.12 bits per heavy atom. The molecule has 17 heavy (non-hydrogen) atoms. The summed E-state index contributed by atoms with van der Waals surface area (Å²) in [4.78, 5) is 13.5. The van der Waals surface area contributed by atoms with Crippen molar-refractivity contribution in [1.82, 2.24) is 4.90 Å². The zero-order valence-corrected chi connectivity index (χ0v) is 10.7. The van der Waals surface area contributed by atoms with Gasteiger partial charge in [-0.25, -0.2) is 0 Å². The van der Waals surface area contributed by atoms with Gasteiger partial charge in [0.25, 0.3) is 0 Å². The third-order valence-corrected chi connectivity index (χ3v) is 4.06. The Hall–Kier alpha value is -1.18. The number of nitrogens with zero attached hydrogens (tertiary/aromatic N) is 2. The predicted molar refractivity (Wildman–Crippen MR) is 68.6 cm³/mol. The molecule has 3 nitrogen and oxygen atoms in total. The highest BCUT2D eigenvalue weighted by Gasteiger charge is 2.32. The molecule has 1 heterocycles. The third kappa shape index (κ3) is 2.74. The first-order chi connectivity index (χ1) is 8.22. The molecular weight excluding hydrogens is 256 g/mol. The highest BCUT2D eigenvalue weighted by atomic mass is 35.5. The minimum absolute atomic E-state index is 0.00505. The molecule has 1 atom stereocenters. The van der Waals surface area contributed by atoms with E-state index in [4.69, 9.17) is 16.9 Å². The quantitative estimate of drug-likeness (QED) is 0.845. The van der Waals surface area contributed by atoms with Gasteiger partial charge in [-0.1, -0.05) is 23.7 Å². The lowest BCUT2D eigenvalue weighted by molar-refractivity contribution is -0.127. The number of hydrogen-bond donors (Lipinski definition) is 0. The van der Waals surface area contributed by atoms with Crippen LogP contribution >= 0.6 is 23.4 Å². The van der Waals surface area contributed by atoms with Crippen LogP contribution in [0, 0.1) is 11.3 Å². The molecule has 1 fully saturated rings. The first-order valence-corrected chi connectivity index (χ1v) is 6.68. The van der Waals surface area contributed by atoms with Crippen LogP contribution in [0.2, 0.25) is 5.02 Å². The van der Waals surface area contributed by atoms with E-state index in [1.807, 2.05) is 24.3 Å². The van der Waals surface area contributed by atoms with Gasteiger partial charge in [0.2, 0.25) is 5.91 Å². The van der Waals surface area contributed by atoms with Crippen LogP contribution in [0.15, 0.2) is 24.3 Å². The van der Waals surface area contributed by atoms with Crippen LogP contribution in [0.1, 0.15) is 17.4 Å². The average Bonchev–Trinajstić information content (AvgIpc) is 2.68. The maximum atomic E-state index is 11.7. The molecule has 1 aliphatic heterocycles. The van der Waals surface area contributed by atoms with Gasteiger partial charge in [-0.05, 0) is 17.7 Å². The summed E-state index contributed by atoms with van der Waals surface area (Å²) in [6.45, 7) is 0.486. The zero-order chi connectivity index (χ0) is 12.3. The lowest BCUT2D eigenvalue weighted by Crippen LogP contribution is -2.29. The van der Waals surface area contributed by atoms with Crippen LogP contribution in [0.4, 0.5) is 0 Å². The van der Waals surface area contributed by atoms with E-state index in [2.05, 4.69) is 6.07 Å². The number of rotatable bonds is 3. The Morgan fingerprint density at radius 1 is 1.59 bits per heavy atom. The molecule has 1 unspecified atom stereocenters. The van der Waals surface area contributed by atoms with Crippen molar-refractivity contribution < 1.29 is 4.79 Å². The highest BCUT2D eigenvalue weighted by Crippen LogP contribution is 2.39. The molecule has 88 valence electrons. The van der Waals surface area contributed by atoms with Crippen molar-refractivity contribution in [2.24, 2.45) is 0 Å². The monoisotopic (exact) mass is 266 g/mol. The fraction of sp³-hybridized carbons (Fsp3) is 0.333. The average molecular weight is 267 g/mol. The molecule has 0 bridgehead atoms. The van der Waals surface area contributed by atoms with Gasteiger partial charge >= 0.3 is 0 Å². The van der Waals surface area contributed by atoms with Gasteiger partial charge in [-0.2, -0.15) is 5.26 Å². The number of benzene rings is 1. The van der Waals surface area contributed by atoms with E-state index in [1.54, 1.807) is 16.7 Å². The minimum atomic E-state index is -0.00505. The molecule has 0 spiro atoms. The van der Waals surface area contributed by atoms with Gasteiger partial charge < -0.3 is 4.90 Å². The number of thioether (sulfide) groups is 1. The summed E-state index contributed by atoms with van der Waals surface area (Å²) >= 11 is 7.53. The predicted octanol–water partition coefficient (Wildman–Crippen LogP) is 2.83. The Labute approximate surface area is 109 Å². The van der Waals surface area contributed by atoms with Gasteiger partial charge in [0.15, 0.2) is 0 Å². The zero-order valence-electron chi connectivity index (χ0n) is 9.10. The molecule has 0 radical (unpaired) electrons. The number of halogens is 1. The van der Waals surface area contributed by atoms with Crippen molar-refractivity contribution in [3.05, 3.63) is 34.9 Å². The number of hydrogen-bond acceptors (Lipinski definition) is 3. The standard InChI is InChI=1S/C12H11ClN2OS/c13-10-4-1-3-9(7-10)12-15(6-2-5-14)11(16)8-17-12/h1,3-4,7,12H,2,6,8H2. The van der Waals surface area contributed by atoms with E-state index in [0.29, 0.717) is 23.7 Å². The van der Waals surface area contributed by atoms with E-state index in [0.717, 1.165) is 5.56 Å². The Morgan fingerprint density at radius 2 is 2.41 bits per heavy atom. The lowest BCUT2D eigenvalue weighted by atomic mass is 10.2. The summed E-state index contributed by atoms with van der Waals surface area (Å²) in [6.07, 6.45) is 0.364. The summed E-state index contributed by atoms with van der Waals surface area (Å²) in [5.41, 5.74) is 1.02. The number of amides is 1. The Bertz CT molecular complexity index is 472. The molecule has 1 saturated heterocycles. The van der Waals surface area contributed by atoms with Gasteiger partial charge in [0.05, 0.1) is 18.2 Å². The molecule has 0 saturated carbocycles. The number of nitriles is 1. The largest absolute Gasteiger partial charge is 0.325 e. The summed E-state index contributed by atoms with van der Waals surface area (Å²) in [5.74, 6) is 0.568. The molecule has 0 aromatic heterocycles. The fourth-order valence-corrected chi connectivity index (χ4v) is 3.21. The topological polar surface area (TPSA) is 44.1 Å². The van der Waals surface area contributed by atoms with Crippen LogP contribution < -0.4 is 0 Å². The van der Waals surface area contributed by atoms with Crippen molar-refractivity contribution >= 4 is 29.3 Å². The fourth-order valence-electron chi connectivity index (χ4n) is 1.80. The van der Waals surface area contributed by atoms with E-state index < -0.39 is 0 Å². The molecule has 1 aliphatic rings. The van der Waals surface area contributed by atoms with Crippen molar-refractivity contribution in [2.75, 3.05) is 12.3 Å². The van der Waals surface area contributed by atoms with Gasteiger partial charge in [0.1, 0.15) is 5.37 Å². The number of carbonyl (C=O) groups excluding carboxylic acids is 1. The molecule has 0 aliphatic carbocycles. The molecule has 1 aromatic rings. The Balaban J connectivity index is 2.19. The van der Waals surface area contributed by atoms with Crippen molar-refractivity contribution in [2.45, 2.75) is 11.8 Å². The molecular formula is C12H11ClN2OS. The Kier molecular flexibility index (Phi) is 3.93.